The second-order valence-corrected chi connectivity index (χ2v) is 6.55. The van der Waals surface area contributed by atoms with Crippen molar-refractivity contribution in [2.45, 2.75) is 39.0 Å². The van der Waals surface area contributed by atoms with Crippen LogP contribution in [-0.4, -0.2) is 43.0 Å². The Morgan fingerprint density at radius 1 is 1.17 bits per heavy atom. The summed E-state index contributed by atoms with van der Waals surface area (Å²) in [6.07, 6.45) is 5.45. The standard InChI is InChI=1S/C19H29N3O2/c1-2-12-20-19(24)21-18(23)15-22-13-10-17(11-14-22)9-8-16-6-4-3-5-7-16/h3-7,17H,2,8-15H2,1H3,(H2,20,21,23,24). The molecule has 0 atom stereocenters. The molecule has 0 saturated carbocycles. The number of rotatable bonds is 7. The number of aryl methyl sites for hydroxylation is 1. The van der Waals surface area contributed by atoms with Gasteiger partial charge in [-0.15, -0.1) is 0 Å². The number of piperidine rings is 1. The summed E-state index contributed by atoms with van der Waals surface area (Å²) in [4.78, 5) is 25.5. The summed E-state index contributed by atoms with van der Waals surface area (Å²) in [5.41, 5.74) is 1.40. The van der Waals surface area contributed by atoms with Gasteiger partial charge >= 0.3 is 6.03 Å². The van der Waals surface area contributed by atoms with Gasteiger partial charge in [0.25, 0.3) is 0 Å². The maximum Gasteiger partial charge on any atom is 0.321 e. The van der Waals surface area contributed by atoms with E-state index in [0.29, 0.717) is 13.1 Å². The van der Waals surface area contributed by atoms with Gasteiger partial charge in [0.2, 0.25) is 5.91 Å². The van der Waals surface area contributed by atoms with Crippen molar-refractivity contribution in [3.8, 4) is 0 Å². The number of carbonyl (C=O) groups excluding carboxylic acids is 2. The zero-order chi connectivity index (χ0) is 17.2. The number of nitrogens with one attached hydrogen (secondary N) is 2. The summed E-state index contributed by atoms with van der Waals surface area (Å²) in [6.45, 7) is 4.74. The third-order valence-corrected chi connectivity index (χ3v) is 4.55. The molecule has 0 bridgehead atoms. The van der Waals surface area contributed by atoms with Crippen LogP contribution in [0.2, 0.25) is 0 Å². The quantitative estimate of drug-likeness (QED) is 0.807. The van der Waals surface area contributed by atoms with Gasteiger partial charge in [0.1, 0.15) is 0 Å². The predicted octanol–water partition coefficient (Wildman–Crippen LogP) is 2.57. The molecule has 0 spiro atoms. The smallest absolute Gasteiger partial charge is 0.321 e. The second kappa shape index (κ2) is 10.1. The molecule has 1 aromatic carbocycles. The van der Waals surface area contributed by atoms with Crippen LogP contribution in [0.15, 0.2) is 30.3 Å². The van der Waals surface area contributed by atoms with Gasteiger partial charge in [0.15, 0.2) is 0 Å². The molecular weight excluding hydrogens is 302 g/mol. The van der Waals surface area contributed by atoms with Crippen molar-refractivity contribution in [2.24, 2.45) is 5.92 Å². The highest BCUT2D eigenvalue weighted by Gasteiger charge is 2.21. The number of carbonyl (C=O) groups is 2. The SMILES string of the molecule is CCCNC(=O)NC(=O)CN1CCC(CCc2ccccc2)CC1. The predicted molar refractivity (Wildman–Crippen MR) is 95.8 cm³/mol. The van der Waals surface area contributed by atoms with E-state index in [0.717, 1.165) is 44.7 Å². The third kappa shape index (κ3) is 6.71. The first-order valence-corrected chi connectivity index (χ1v) is 9.01. The van der Waals surface area contributed by atoms with Crippen LogP contribution in [0.3, 0.4) is 0 Å². The molecule has 1 aliphatic heterocycles. The van der Waals surface area contributed by atoms with Gasteiger partial charge in [-0.25, -0.2) is 4.79 Å². The summed E-state index contributed by atoms with van der Waals surface area (Å²) in [5, 5.41) is 5.04. The summed E-state index contributed by atoms with van der Waals surface area (Å²) in [5.74, 6) is 0.517. The summed E-state index contributed by atoms with van der Waals surface area (Å²) in [7, 11) is 0. The molecule has 0 aromatic heterocycles. The van der Waals surface area contributed by atoms with E-state index in [4.69, 9.17) is 0 Å². The average Bonchev–Trinajstić information content (AvgIpc) is 2.60. The van der Waals surface area contributed by atoms with Crippen LogP contribution in [-0.2, 0) is 11.2 Å². The van der Waals surface area contributed by atoms with E-state index in [2.05, 4.69) is 45.9 Å². The van der Waals surface area contributed by atoms with Gasteiger partial charge in [-0.1, -0.05) is 37.3 Å². The Labute approximate surface area is 144 Å². The maximum atomic E-state index is 11.9. The van der Waals surface area contributed by atoms with Gasteiger partial charge in [0.05, 0.1) is 6.54 Å². The molecule has 2 N–H and O–H groups in total. The molecule has 0 aliphatic carbocycles. The van der Waals surface area contributed by atoms with E-state index in [1.54, 1.807) is 0 Å². The van der Waals surface area contributed by atoms with Gasteiger partial charge in [-0.3, -0.25) is 15.0 Å². The lowest BCUT2D eigenvalue weighted by molar-refractivity contribution is -0.121. The monoisotopic (exact) mass is 331 g/mol. The number of likely N-dealkylation sites (tertiary alicyclic amines) is 1. The number of nitrogens with zero attached hydrogens (tertiary/aromatic N) is 1. The van der Waals surface area contributed by atoms with Crippen molar-refractivity contribution in [2.75, 3.05) is 26.2 Å². The number of benzene rings is 1. The number of amides is 3. The van der Waals surface area contributed by atoms with E-state index < -0.39 is 0 Å². The minimum Gasteiger partial charge on any atom is -0.338 e. The van der Waals surface area contributed by atoms with Crippen molar-refractivity contribution in [1.82, 2.24) is 15.5 Å². The average molecular weight is 331 g/mol. The van der Waals surface area contributed by atoms with E-state index >= 15 is 0 Å². The highest BCUT2D eigenvalue weighted by atomic mass is 16.2. The molecule has 1 fully saturated rings. The summed E-state index contributed by atoms with van der Waals surface area (Å²) < 4.78 is 0. The molecule has 0 radical (unpaired) electrons. The number of imide groups is 1. The van der Waals surface area contributed by atoms with Crippen LogP contribution in [0.4, 0.5) is 4.79 Å². The van der Waals surface area contributed by atoms with Crippen molar-refractivity contribution < 1.29 is 9.59 Å². The van der Waals surface area contributed by atoms with Crippen LogP contribution < -0.4 is 10.6 Å². The molecule has 2 rings (SSSR count). The molecule has 1 saturated heterocycles. The van der Waals surface area contributed by atoms with Crippen molar-refractivity contribution in [1.29, 1.82) is 0 Å². The first kappa shape index (κ1) is 18.5. The zero-order valence-corrected chi connectivity index (χ0v) is 14.6. The number of hydrogen-bond acceptors (Lipinski definition) is 3. The minimum absolute atomic E-state index is 0.216. The third-order valence-electron chi connectivity index (χ3n) is 4.55. The van der Waals surface area contributed by atoms with Crippen LogP contribution in [0.1, 0.15) is 38.2 Å². The molecule has 3 amide bonds. The number of urea groups is 1. The number of hydrogen-bond donors (Lipinski definition) is 2. The fourth-order valence-corrected chi connectivity index (χ4v) is 3.10. The summed E-state index contributed by atoms with van der Waals surface area (Å²) >= 11 is 0. The zero-order valence-electron chi connectivity index (χ0n) is 14.6. The largest absolute Gasteiger partial charge is 0.338 e. The van der Waals surface area contributed by atoms with Crippen LogP contribution >= 0.6 is 0 Å². The van der Waals surface area contributed by atoms with Gasteiger partial charge in [-0.05, 0) is 56.7 Å². The molecule has 5 heteroatoms. The minimum atomic E-state index is -0.389. The van der Waals surface area contributed by atoms with E-state index in [9.17, 15) is 9.59 Å². The van der Waals surface area contributed by atoms with Gasteiger partial charge in [-0.2, -0.15) is 0 Å². The Morgan fingerprint density at radius 3 is 2.54 bits per heavy atom. The van der Waals surface area contributed by atoms with E-state index in [1.807, 2.05) is 6.92 Å². The first-order valence-electron chi connectivity index (χ1n) is 9.01. The Kier molecular flexibility index (Phi) is 7.75. The molecule has 1 heterocycles. The Hall–Kier alpha value is -1.88. The fourth-order valence-electron chi connectivity index (χ4n) is 3.10. The Morgan fingerprint density at radius 2 is 1.88 bits per heavy atom. The normalized spacial score (nSPS) is 15.9. The van der Waals surface area contributed by atoms with Crippen molar-refractivity contribution in [3.63, 3.8) is 0 Å². The van der Waals surface area contributed by atoms with Gasteiger partial charge < -0.3 is 5.32 Å². The highest BCUT2D eigenvalue weighted by Crippen LogP contribution is 2.22. The van der Waals surface area contributed by atoms with Crippen molar-refractivity contribution in [3.05, 3.63) is 35.9 Å². The topological polar surface area (TPSA) is 61.4 Å². The van der Waals surface area contributed by atoms with Crippen LogP contribution in [0, 0.1) is 5.92 Å². The van der Waals surface area contributed by atoms with Gasteiger partial charge in [0, 0.05) is 6.54 Å². The lowest BCUT2D eigenvalue weighted by Gasteiger charge is -2.31. The second-order valence-electron chi connectivity index (χ2n) is 6.55. The van der Waals surface area contributed by atoms with E-state index in [1.165, 1.54) is 12.0 Å². The molecule has 132 valence electrons. The molecular formula is C19H29N3O2. The van der Waals surface area contributed by atoms with Crippen molar-refractivity contribution >= 4 is 11.9 Å². The lowest BCUT2D eigenvalue weighted by Crippen LogP contribution is -2.46. The van der Waals surface area contributed by atoms with Crippen LogP contribution in [0.25, 0.3) is 0 Å². The Bertz CT molecular complexity index is 511. The Balaban J connectivity index is 1.62. The van der Waals surface area contributed by atoms with Crippen LogP contribution in [0.5, 0.6) is 0 Å². The molecule has 0 unspecified atom stereocenters. The molecule has 1 aliphatic rings. The highest BCUT2D eigenvalue weighted by molar-refractivity contribution is 5.95. The van der Waals surface area contributed by atoms with E-state index in [-0.39, 0.29) is 11.9 Å². The fraction of sp³-hybridized carbons (Fsp3) is 0.579. The first-order chi connectivity index (χ1) is 11.7. The lowest BCUT2D eigenvalue weighted by atomic mass is 9.90. The molecule has 5 nitrogen and oxygen atoms in total. The maximum absolute atomic E-state index is 11.9. The molecule has 1 aromatic rings. The molecule has 24 heavy (non-hydrogen) atoms. The summed E-state index contributed by atoms with van der Waals surface area (Å²) in [6, 6.07) is 10.2.